The number of hydrogen-bond acceptors (Lipinski definition) is 8. The number of fused-ring (bicyclic) bond motifs is 2. The zero-order valence-corrected chi connectivity index (χ0v) is 19.9. The third-order valence-electron chi connectivity index (χ3n) is 6.21. The molecule has 2 aliphatic rings. The van der Waals surface area contributed by atoms with Crippen LogP contribution in [0.4, 0.5) is 11.5 Å². The fourth-order valence-corrected chi connectivity index (χ4v) is 4.41. The van der Waals surface area contributed by atoms with E-state index in [0.29, 0.717) is 81.0 Å². The highest BCUT2D eigenvalue weighted by Crippen LogP contribution is 2.32. The Kier molecular flexibility index (Phi) is 6.67. The molecule has 35 heavy (non-hydrogen) atoms. The number of nitrogens with one attached hydrogen (secondary N) is 3. The number of amides is 1. The first-order valence-corrected chi connectivity index (χ1v) is 11.7. The van der Waals surface area contributed by atoms with E-state index < -0.39 is 0 Å². The van der Waals surface area contributed by atoms with Crippen molar-refractivity contribution in [2.75, 3.05) is 56.7 Å². The zero-order valence-electron chi connectivity index (χ0n) is 19.9. The molecular weight excluding hydrogens is 450 g/mol. The van der Waals surface area contributed by atoms with Gasteiger partial charge < -0.3 is 34.7 Å². The third-order valence-corrected chi connectivity index (χ3v) is 6.21. The lowest BCUT2D eigenvalue weighted by Crippen LogP contribution is -2.38. The van der Waals surface area contributed by atoms with Gasteiger partial charge in [-0.3, -0.25) is 9.59 Å². The molecule has 2 aliphatic heterocycles. The fourth-order valence-electron chi connectivity index (χ4n) is 4.41. The second-order valence-corrected chi connectivity index (χ2v) is 8.68. The normalized spacial score (nSPS) is 15.3. The Morgan fingerprint density at radius 3 is 2.80 bits per heavy atom. The Balaban J connectivity index is 1.51. The summed E-state index contributed by atoms with van der Waals surface area (Å²) in [5.41, 5.74) is 4.06. The molecule has 0 atom stereocenters. The number of hydrogen-bond donors (Lipinski definition) is 3. The maximum absolute atomic E-state index is 13.6. The minimum Gasteiger partial charge on any atom is -0.490 e. The lowest BCUT2D eigenvalue weighted by Gasteiger charge is -2.29. The minimum atomic E-state index is -0.267. The average Bonchev–Trinajstić information content (AvgIpc) is 3.32. The first-order chi connectivity index (χ1) is 17.0. The molecule has 0 unspecified atom stereocenters. The second-order valence-electron chi connectivity index (χ2n) is 8.68. The number of morpholine rings is 1. The number of rotatable bonds is 7. The molecule has 0 saturated carbocycles. The number of anilines is 2. The van der Waals surface area contributed by atoms with Gasteiger partial charge >= 0.3 is 0 Å². The van der Waals surface area contributed by atoms with Gasteiger partial charge in [0.05, 0.1) is 43.2 Å². The predicted octanol–water partition coefficient (Wildman–Crippen LogP) is 1.95. The number of H-pyrrole nitrogens is 1. The number of aromatic amines is 1. The predicted molar refractivity (Wildman–Crippen MR) is 132 cm³/mol. The van der Waals surface area contributed by atoms with Crippen molar-refractivity contribution in [1.82, 2.24) is 15.3 Å². The highest BCUT2D eigenvalue weighted by atomic mass is 16.5. The van der Waals surface area contributed by atoms with Gasteiger partial charge in [-0.2, -0.15) is 0 Å². The number of nitrogens with zero attached hydrogens (tertiary/aromatic N) is 2. The van der Waals surface area contributed by atoms with E-state index >= 15 is 0 Å². The van der Waals surface area contributed by atoms with Crippen LogP contribution >= 0.6 is 0 Å². The van der Waals surface area contributed by atoms with Crippen molar-refractivity contribution in [2.45, 2.75) is 20.1 Å². The second kappa shape index (κ2) is 10.0. The molecular formula is C25H29N5O5. The van der Waals surface area contributed by atoms with Gasteiger partial charge in [-0.15, -0.1) is 0 Å². The van der Waals surface area contributed by atoms with Gasteiger partial charge in [-0.05, 0) is 31.7 Å². The van der Waals surface area contributed by atoms with Gasteiger partial charge in [-0.1, -0.05) is 0 Å². The summed E-state index contributed by atoms with van der Waals surface area (Å²) in [4.78, 5) is 35.4. The zero-order chi connectivity index (χ0) is 24.4. The number of benzene rings is 1. The highest BCUT2D eigenvalue weighted by Gasteiger charge is 2.25. The molecule has 0 bridgehead atoms. The lowest BCUT2D eigenvalue weighted by molar-refractivity contribution is 0.102. The molecule has 4 heterocycles. The van der Waals surface area contributed by atoms with Crippen LogP contribution < -0.4 is 25.8 Å². The summed E-state index contributed by atoms with van der Waals surface area (Å²) in [5.74, 6) is 0.876. The van der Waals surface area contributed by atoms with Crippen LogP contribution in [-0.4, -0.2) is 62.4 Å². The Morgan fingerprint density at radius 1 is 1.17 bits per heavy atom. The maximum Gasteiger partial charge on any atom is 0.259 e. The molecule has 0 spiro atoms. The van der Waals surface area contributed by atoms with Crippen LogP contribution in [0.15, 0.2) is 29.1 Å². The first-order valence-electron chi connectivity index (χ1n) is 11.7. The number of carbonyl (C=O) groups excluding carboxylic acids is 1. The van der Waals surface area contributed by atoms with E-state index in [1.807, 2.05) is 26.1 Å². The molecule has 1 aromatic carbocycles. The van der Waals surface area contributed by atoms with Crippen LogP contribution in [0.5, 0.6) is 5.75 Å². The summed E-state index contributed by atoms with van der Waals surface area (Å²) in [6, 6.07) is 7.00. The van der Waals surface area contributed by atoms with E-state index in [0.717, 1.165) is 22.2 Å². The Morgan fingerprint density at radius 2 is 2.00 bits per heavy atom. The van der Waals surface area contributed by atoms with Gasteiger partial charge in [0.2, 0.25) is 5.56 Å². The van der Waals surface area contributed by atoms with Gasteiger partial charge in [0, 0.05) is 48.4 Å². The molecule has 0 aliphatic carbocycles. The van der Waals surface area contributed by atoms with Crippen molar-refractivity contribution in [3.05, 3.63) is 57.0 Å². The monoisotopic (exact) mass is 479 g/mol. The van der Waals surface area contributed by atoms with Crippen LogP contribution in [0.2, 0.25) is 0 Å². The molecule has 5 rings (SSSR count). The van der Waals surface area contributed by atoms with Crippen molar-refractivity contribution >= 4 is 28.3 Å². The van der Waals surface area contributed by atoms with Gasteiger partial charge in [-0.25, -0.2) is 4.98 Å². The molecule has 184 valence electrons. The Hall–Kier alpha value is -3.47. The standard InChI is InChI=1S/C25H29N5O5/c1-15-9-22(31)29-23-18(15)11-17(12-21(23)35-6-3-26-2)27-25(32)19-10-16-13-34-14-20(16)28-24(19)30-4-7-33-8-5-30/h9-12,26H,3-8,13-14H2,1-2H3,(H,27,32)(H,29,31). The number of aryl methyl sites for hydroxylation is 1. The van der Waals surface area contributed by atoms with Gasteiger partial charge in [0.15, 0.2) is 0 Å². The Labute approximate surface area is 202 Å². The van der Waals surface area contributed by atoms with E-state index in [4.69, 9.17) is 19.2 Å². The van der Waals surface area contributed by atoms with Crippen LogP contribution in [0.1, 0.15) is 27.2 Å². The van der Waals surface area contributed by atoms with Crippen LogP contribution in [-0.2, 0) is 22.7 Å². The highest BCUT2D eigenvalue weighted by molar-refractivity contribution is 6.09. The topological polar surface area (TPSA) is 118 Å². The van der Waals surface area contributed by atoms with E-state index in [9.17, 15) is 9.59 Å². The summed E-state index contributed by atoms with van der Waals surface area (Å²) in [6.45, 7) is 6.31. The van der Waals surface area contributed by atoms with Crippen LogP contribution in [0, 0.1) is 6.92 Å². The average molecular weight is 480 g/mol. The number of pyridine rings is 2. The van der Waals surface area contributed by atoms with Crippen molar-refractivity contribution in [2.24, 2.45) is 0 Å². The number of ether oxygens (including phenoxy) is 3. The molecule has 1 amide bonds. The summed E-state index contributed by atoms with van der Waals surface area (Å²) in [5, 5.41) is 6.87. The largest absolute Gasteiger partial charge is 0.490 e. The maximum atomic E-state index is 13.6. The van der Waals surface area contributed by atoms with Crippen molar-refractivity contribution < 1.29 is 19.0 Å². The van der Waals surface area contributed by atoms with Crippen LogP contribution in [0.25, 0.3) is 10.9 Å². The molecule has 2 aromatic heterocycles. The molecule has 10 heteroatoms. The number of aromatic nitrogens is 2. The van der Waals surface area contributed by atoms with Crippen molar-refractivity contribution in [3.63, 3.8) is 0 Å². The van der Waals surface area contributed by atoms with Gasteiger partial charge in [0.25, 0.3) is 5.91 Å². The molecule has 10 nitrogen and oxygen atoms in total. The summed E-state index contributed by atoms with van der Waals surface area (Å²) < 4.78 is 17.0. The molecule has 1 saturated heterocycles. The van der Waals surface area contributed by atoms with E-state index in [2.05, 4.69) is 20.5 Å². The van der Waals surface area contributed by atoms with E-state index in [1.54, 1.807) is 6.07 Å². The number of likely N-dealkylation sites (N-methyl/N-ethyl adjacent to an activating group) is 1. The van der Waals surface area contributed by atoms with Gasteiger partial charge in [0.1, 0.15) is 18.2 Å². The quantitative estimate of drug-likeness (QED) is 0.440. The molecule has 3 aromatic rings. The lowest BCUT2D eigenvalue weighted by atomic mass is 10.1. The third kappa shape index (κ3) is 4.86. The fraction of sp³-hybridized carbons (Fsp3) is 0.400. The summed E-state index contributed by atoms with van der Waals surface area (Å²) in [7, 11) is 1.84. The SMILES string of the molecule is CNCCOc1cc(NC(=O)c2cc3c(nc2N2CCOCC2)COC3)cc2c(C)cc(=O)[nH]c12. The van der Waals surface area contributed by atoms with E-state index in [-0.39, 0.29) is 11.5 Å². The molecule has 1 fully saturated rings. The molecule has 0 radical (unpaired) electrons. The summed E-state index contributed by atoms with van der Waals surface area (Å²) >= 11 is 0. The van der Waals surface area contributed by atoms with Crippen molar-refractivity contribution in [3.8, 4) is 5.75 Å². The van der Waals surface area contributed by atoms with Crippen molar-refractivity contribution in [1.29, 1.82) is 0 Å². The minimum absolute atomic E-state index is 0.202. The first kappa shape index (κ1) is 23.3. The van der Waals surface area contributed by atoms with Crippen LogP contribution in [0.3, 0.4) is 0 Å². The number of carbonyl (C=O) groups is 1. The smallest absolute Gasteiger partial charge is 0.259 e. The molecule has 3 N–H and O–H groups in total. The summed E-state index contributed by atoms with van der Waals surface area (Å²) in [6.07, 6.45) is 0. The Bertz CT molecular complexity index is 1320. The van der Waals surface area contributed by atoms with E-state index in [1.165, 1.54) is 6.07 Å².